The molecule has 0 unspecified atom stereocenters. The number of benzene rings is 1. The van der Waals surface area contributed by atoms with Crippen molar-refractivity contribution in [1.29, 1.82) is 5.26 Å². The summed E-state index contributed by atoms with van der Waals surface area (Å²) in [7, 11) is 1.64. The Bertz CT molecular complexity index is 422. The van der Waals surface area contributed by atoms with E-state index in [4.69, 9.17) is 10.00 Å². The van der Waals surface area contributed by atoms with E-state index in [2.05, 4.69) is 28.4 Å². The van der Waals surface area contributed by atoms with E-state index in [-0.39, 0.29) is 0 Å². The topological polar surface area (TPSA) is 33.0 Å². The van der Waals surface area contributed by atoms with Gasteiger partial charge in [-0.05, 0) is 46.0 Å². The molecular weight excluding hydrogens is 254 g/mol. The monoisotopic (exact) mass is 262 g/mol. The Balaban J connectivity index is 2.53. The lowest BCUT2D eigenvalue weighted by Crippen LogP contribution is -2.10. The highest BCUT2D eigenvalue weighted by Gasteiger charge is 2.24. The molecular formula is C12H9BrNO. The van der Waals surface area contributed by atoms with Crippen molar-refractivity contribution in [1.82, 2.24) is 0 Å². The molecule has 0 spiro atoms. The van der Waals surface area contributed by atoms with Crippen molar-refractivity contribution in [3.8, 4) is 11.8 Å². The fourth-order valence-corrected chi connectivity index (χ4v) is 2.45. The molecule has 0 heterocycles. The van der Waals surface area contributed by atoms with Crippen LogP contribution in [-0.2, 0) is 6.42 Å². The van der Waals surface area contributed by atoms with Gasteiger partial charge in [-0.3, -0.25) is 0 Å². The van der Waals surface area contributed by atoms with E-state index < -0.39 is 0 Å². The third-order valence-electron chi connectivity index (χ3n) is 2.49. The predicted octanol–water partition coefficient (Wildman–Crippen LogP) is 2.93. The molecule has 15 heavy (non-hydrogen) atoms. The summed E-state index contributed by atoms with van der Waals surface area (Å²) in [5.41, 5.74) is 2.11. The molecule has 0 fully saturated rings. The lowest BCUT2D eigenvalue weighted by molar-refractivity contribution is 0.411. The second kappa shape index (κ2) is 4.24. The van der Waals surface area contributed by atoms with E-state index in [1.54, 1.807) is 7.11 Å². The number of nitriles is 1. The molecule has 2 rings (SSSR count). The van der Waals surface area contributed by atoms with E-state index in [1.807, 2.05) is 12.1 Å². The number of hydrogen-bond acceptors (Lipinski definition) is 2. The summed E-state index contributed by atoms with van der Waals surface area (Å²) in [6.07, 6.45) is 4.78. The first-order chi connectivity index (χ1) is 7.27. The van der Waals surface area contributed by atoms with E-state index >= 15 is 0 Å². The molecule has 3 radical (unpaired) electrons. The van der Waals surface area contributed by atoms with Crippen molar-refractivity contribution >= 4 is 15.9 Å². The minimum absolute atomic E-state index is 0.639. The van der Waals surface area contributed by atoms with E-state index in [0.717, 1.165) is 34.2 Å². The summed E-state index contributed by atoms with van der Waals surface area (Å²) in [5, 5.41) is 8.96. The van der Waals surface area contributed by atoms with Gasteiger partial charge in [0.25, 0.3) is 0 Å². The summed E-state index contributed by atoms with van der Waals surface area (Å²) in [5.74, 6) is 1.45. The van der Waals surface area contributed by atoms with E-state index in [1.165, 1.54) is 0 Å². The van der Waals surface area contributed by atoms with Crippen LogP contribution in [0.3, 0.4) is 0 Å². The molecule has 0 atom stereocenters. The zero-order chi connectivity index (χ0) is 10.8. The quantitative estimate of drug-likeness (QED) is 0.780. The summed E-state index contributed by atoms with van der Waals surface area (Å²) in [6, 6.07) is 5.96. The average Bonchev–Trinajstić information content (AvgIpc) is 2.29. The van der Waals surface area contributed by atoms with Gasteiger partial charge in [0, 0.05) is 6.42 Å². The van der Waals surface area contributed by atoms with Crippen molar-refractivity contribution in [3.05, 3.63) is 40.1 Å². The van der Waals surface area contributed by atoms with Crippen molar-refractivity contribution in [3.63, 3.8) is 0 Å². The van der Waals surface area contributed by atoms with E-state index in [9.17, 15) is 0 Å². The molecule has 0 N–H and O–H groups in total. The number of halogens is 1. The third-order valence-corrected chi connectivity index (χ3v) is 3.36. The summed E-state index contributed by atoms with van der Waals surface area (Å²) in [4.78, 5) is 0. The molecule has 1 aliphatic carbocycles. The van der Waals surface area contributed by atoms with Crippen LogP contribution in [0.4, 0.5) is 0 Å². The molecule has 3 heteroatoms. The number of ether oxygens (including phenoxy) is 1. The minimum atomic E-state index is 0.639. The Kier molecular flexibility index (Phi) is 2.97. The van der Waals surface area contributed by atoms with Crippen LogP contribution in [0, 0.1) is 23.7 Å². The number of hydrogen-bond donors (Lipinski definition) is 0. The number of methoxy groups -OCH3 is 1. The van der Waals surface area contributed by atoms with Gasteiger partial charge >= 0.3 is 0 Å². The van der Waals surface area contributed by atoms with Gasteiger partial charge in [0.1, 0.15) is 11.7 Å². The maximum Gasteiger partial charge on any atom is 0.133 e. The van der Waals surface area contributed by atoms with Crippen molar-refractivity contribution < 1.29 is 4.74 Å². The largest absolute Gasteiger partial charge is 0.496 e. The first-order valence-electron chi connectivity index (χ1n) is 4.64. The Hall–Kier alpha value is -1.01. The summed E-state index contributed by atoms with van der Waals surface area (Å²) < 4.78 is 6.18. The molecule has 0 saturated carbocycles. The molecule has 0 aromatic heterocycles. The normalized spacial score (nSPS) is 15.5. The van der Waals surface area contributed by atoms with Crippen LogP contribution in [-0.4, -0.2) is 7.11 Å². The molecule has 75 valence electrons. The number of rotatable bonds is 1. The van der Waals surface area contributed by atoms with Gasteiger partial charge in [-0.15, -0.1) is 0 Å². The molecule has 0 saturated heterocycles. The highest BCUT2D eigenvalue weighted by Crippen LogP contribution is 2.38. The van der Waals surface area contributed by atoms with Gasteiger partial charge in [-0.1, -0.05) is 6.07 Å². The van der Waals surface area contributed by atoms with Crippen LogP contribution in [0.5, 0.6) is 5.75 Å². The molecule has 0 aliphatic heterocycles. The van der Waals surface area contributed by atoms with Crippen molar-refractivity contribution in [2.75, 3.05) is 7.11 Å². The Morgan fingerprint density at radius 3 is 3.00 bits per heavy atom. The second-order valence-corrected chi connectivity index (χ2v) is 4.06. The Morgan fingerprint density at radius 1 is 1.53 bits per heavy atom. The maximum atomic E-state index is 8.96. The van der Waals surface area contributed by atoms with Gasteiger partial charge in [0.15, 0.2) is 0 Å². The highest BCUT2D eigenvalue weighted by atomic mass is 79.9. The average molecular weight is 263 g/mol. The van der Waals surface area contributed by atoms with Crippen LogP contribution in [0.2, 0.25) is 0 Å². The fraction of sp³-hybridized carbons (Fsp3) is 0.250. The predicted molar refractivity (Wildman–Crippen MR) is 60.2 cm³/mol. The lowest BCUT2D eigenvalue weighted by atomic mass is 9.83. The first kappa shape index (κ1) is 10.5. The van der Waals surface area contributed by atoms with E-state index in [0.29, 0.717) is 5.92 Å². The van der Waals surface area contributed by atoms with Crippen LogP contribution < -0.4 is 4.74 Å². The van der Waals surface area contributed by atoms with Gasteiger partial charge in [-0.25, -0.2) is 0 Å². The molecule has 2 nitrogen and oxygen atoms in total. The fourth-order valence-electron chi connectivity index (χ4n) is 1.74. The molecule has 1 aromatic carbocycles. The van der Waals surface area contributed by atoms with Gasteiger partial charge in [-0.2, -0.15) is 5.26 Å². The second-order valence-electron chi connectivity index (χ2n) is 3.27. The Labute approximate surface area is 98.0 Å². The van der Waals surface area contributed by atoms with Crippen LogP contribution in [0.25, 0.3) is 0 Å². The van der Waals surface area contributed by atoms with Gasteiger partial charge in [0.05, 0.1) is 17.7 Å². The lowest BCUT2D eigenvalue weighted by Gasteiger charge is -2.21. The summed E-state index contributed by atoms with van der Waals surface area (Å²) >= 11 is 3.51. The summed E-state index contributed by atoms with van der Waals surface area (Å²) in [6.45, 7) is 0. The molecule has 1 aliphatic rings. The minimum Gasteiger partial charge on any atom is -0.496 e. The van der Waals surface area contributed by atoms with Gasteiger partial charge < -0.3 is 4.74 Å². The van der Waals surface area contributed by atoms with Gasteiger partial charge in [0.2, 0.25) is 0 Å². The smallest absolute Gasteiger partial charge is 0.133 e. The van der Waals surface area contributed by atoms with Crippen LogP contribution in [0.1, 0.15) is 17.5 Å². The van der Waals surface area contributed by atoms with Crippen molar-refractivity contribution in [2.24, 2.45) is 0 Å². The number of nitrogens with zero attached hydrogens (tertiary/aromatic N) is 1. The molecule has 0 bridgehead atoms. The van der Waals surface area contributed by atoms with Crippen LogP contribution in [0.15, 0.2) is 16.6 Å². The number of fused-ring (bicyclic) bond motifs is 1. The zero-order valence-corrected chi connectivity index (χ0v) is 9.89. The third kappa shape index (κ3) is 1.74. The zero-order valence-electron chi connectivity index (χ0n) is 8.30. The van der Waals surface area contributed by atoms with Crippen LogP contribution >= 0.6 is 15.9 Å². The first-order valence-corrected chi connectivity index (χ1v) is 5.44. The molecule has 1 aromatic rings. The maximum absolute atomic E-state index is 8.96. The highest BCUT2D eigenvalue weighted by molar-refractivity contribution is 9.10. The Morgan fingerprint density at radius 2 is 2.33 bits per heavy atom. The standard InChI is InChI=1S/C12H9BrNO/c1-15-11-6-5-9-8(7-14)3-2-4-10(9)12(11)13/h5-6H,2,4H2,1H3. The molecule has 0 amide bonds. The SMILES string of the molecule is COc1ccc2c(c1Br)CC[C][C]2C#N. The van der Waals surface area contributed by atoms with Crippen molar-refractivity contribution in [2.45, 2.75) is 12.8 Å².